The summed E-state index contributed by atoms with van der Waals surface area (Å²) in [5.41, 5.74) is 1.65. The maximum absolute atomic E-state index is 12.8. The van der Waals surface area contributed by atoms with E-state index in [2.05, 4.69) is 23.9 Å². The maximum Gasteiger partial charge on any atom is 0.257 e. The molecule has 5 nitrogen and oxygen atoms in total. The van der Waals surface area contributed by atoms with Crippen molar-refractivity contribution in [2.24, 2.45) is 0 Å². The molecule has 0 N–H and O–H groups in total. The van der Waals surface area contributed by atoms with Crippen molar-refractivity contribution in [1.29, 1.82) is 0 Å². The summed E-state index contributed by atoms with van der Waals surface area (Å²) in [4.78, 5) is 20.5. The summed E-state index contributed by atoms with van der Waals surface area (Å²) in [6.07, 6.45) is 5.75. The second-order valence-corrected chi connectivity index (χ2v) is 7.85. The SMILES string of the molecule is CCn1cc(C(=O)N2CCC(C)(c3ncc(C)s3)CC2)c(C)n1. The molecule has 1 aliphatic rings. The smallest absolute Gasteiger partial charge is 0.257 e. The zero-order valence-electron chi connectivity index (χ0n) is 14.3. The fourth-order valence-corrected chi connectivity index (χ4v) is 4.08. The van der Waals surface area contributed by atoms with Gasteiger partial charge in [-0.25, -0.2) is 4.98 Å². The number of amides is 1. The summed E-state index contributed by atoms with van der Waals surface area (Å²) < 4.78 is 1.83. The van der Waals surface area contributed by atoms with Gasteiger partial charge in [-0.3, -0.25) is 9.48 Å². The van der Waals surface area contributed by atoms with Crippen LogP contribution in [-0.2, 0) is 12.0 Å². The van der Waals surface area contributed by atoms with E-state index < -0.39 is 0 Å². The van der Waals surface area contributed by atoms with Gasteiger partial charge in [0, 0.05) is 42.3 Å². The van der Waals surface area contributed by atoms with Crippen molar-refractivity contribution in [3.05, 3.63) is 33.5 Å². The lowest BCUT2D eigenvalue weighted by atomic mass is 9.81. The zero-order chi connectivity index (χ0) is 16.6. The van der Waals surface area contributed by atoms with Crippen molar-refractivity contribution in [3.63, 3.8) is 0 Å². The van der Waals surface area contributed by atoms with E-state index in [0.717, 1.165) is 43.7 Å². The average Bonchev–Trinajstić information content (AvgIpc) is 3.13. The minimum absolute atomic E-state index is 0.0956. The van der Waals surface area contributed by atoms with Gasteiger partial charge in [-0.2, -0.15) is 5.10 Å². The van der Waals surface area contributed by atoms with Gasteiger partial charge in [-0.05, 0) is 33.6 Å². The van der Waals surface area contributed by atoms with Gasteiger partial charge in [-0.15, -0.1) is 11.3 Å². The van der Waals surface area contributed by atoms with E-state index in [0.29, 0.717) is 0 Å². The zero-order valence-corrected chi connectivity index (χ0v) is 15.1. The molecule has 1 saturated heterocycles. The van der Waals surface area contributed by atoms with Crippen LogP contribution in [0.4, 0.5) is 0 Å². The van der Waals surface area contributed by atoms with E-state index in [-0.39, 0.29) is 11.3 Å². The number of aryl methyl sites for hydroxylation is 3. The molecule has 1 amide bonds. The van der Waals surface area contributed by atoms with Crippen molar-refractivity contribution in [2.45, 2.75) is 52.5 Å². The standard InChI is InChI=1S/C17H24N4OS/c1-5-21-11-14(13(3)19-21)15(22)20-8-6-17(4,7-9-20)16-18-10-12(2)23-16/h10-11H,5-9H2,1-4H3. The van der Waals surface area contributed by atoms with Gasteiger partial charge in [0.05, 0.1) is 16.3 Å². The van der Waals surface area contributed by atoms with Gasteiger partial charge in [0.15, 0.2) is 0 Å². The van der Waals surface area contributed by atoms with E-state index in [1.54, 1.807) is 11.3 Å². The molecule has 1 aliphatic heterocycles. The van der Waals surface area contributed by atoms with Gasteiger partial charge in [-0.1, -0.05) is 6.92 Å². The summed E-state index contributed by atoms with van der Waals surface area (Å²) in [5.74, 6) is 0.111. The van der Waals surface area contributed by atoms with Crippen molar-refractivity contribution < 1.29 is 4.79 Å². The Morgan fingerprint density at radius 1 is 1.35 bits per heavy atom. The second kappa shape index (κ2) is 6.07. The third kappa shape index (κ3) is 3.04. The van der Waals surface area contributed by atoms with Crippen LogP contribution in [0.5, 0.6) is 0 Å². The molecule has 0 radical (unpaired) electrons. The molecule has 2 aromatic heterocycles. The Hall–Kier alpha value is -1.69. The van der Waals surface area contributed by atoms with Crippen molar-refractivity contribution in [3.8, 4) is 0 Å². The maximum atomic E-state index is 12.8. The molecule has 0 aliphatic carbocycles. The summed E-state index contributed by atoms with van der Waals surface area (Å²) >= 11 is 1.78. The molecule has 1 fully saturated rings. The van der Waals surface area contributed by atoms with E-state index in [1.807, 2.05) is 35.8 Å². The molecule has 6 heteroatoms. The molecule has 0 aromatic carbocycles. The van der Waals surface area contributed by atoms with Crippen LogP contribution < -0.4 is 0 Å². The number of nitrogens with zero attached hydrogens (tertiary/aromatic N) is 4. The summed E-state index contributed by atoms with van der Waals surface area (Å²) in [5, 5.41) is 5.59. The number of aromatic nitrogens is 3. The van der Waals surface area contributed by atoms with E-state index in [4.69, 9.17) is 0 Å². The molecule has 0 bridgehead atoms. The van der Waals surface area contributed by atoms with Gasteiger partial charge in [0.25, 0.3) is 5.91 Å². The minimum atomic E-state index is 0.0956. The van der Waals surface area contributed by atoms with Crippen LogP contribution in [0.1, 0.15) is 52.6 Å². The topological polar surface area (TPSA) is 51.0 Å². The monoisotopic (exact) mass is 332 g/mol. The molecule has 2 aromatic rings. The Morgan fingerprint density at radius 2 is 2.04 bits per heavy atom. The molecule has 0 spiro atoms. The first-order chi connectivity index (χ1) is 10.9. The van der Waals surface area contributed by atoms with Gasteiger partial charge >= 0.3 is 0 Å². The number of hydrogen-bond acceptors (Lipinski definition) is 4. The lowest BCUT2D eigenvalue weighted by molar-refractivity contribution is 0.0675. The van der Waals surface area contributed by atoms with Crippen LogP contribution >= 0.6 is 11.3 Å². The highest BCUT2D eigenvalue weighted by atomic mass is 32.1. The van der Waals surface area contributed by atoms with Crippen LogP contribution in [0.2, 0.25) is 0 Å². The predicted octanol–water partition coefficient (Wildman–Crippen LogP) is 3.17. The molecule has 124 valence electrons. The highest BCUT2D eigenvalue weighted by molar-refractivity contribution is 7.11. The third-order valence-electron chi connectivity index (χ3n) is 4.79. The van der Waals surface area contributed by atoms with Crippen molar-refractivity contribution in [1.82, 2.24) is 19.7 Å². The Labute approximate surface area is 141 Å². The fourth-order valence-electron chi connectivity index (χ4n) is 3.11. The minimum Gasteiger partial charge on any atom is -0.338 e. The first-order valence-corrected chi connectivity index (χ1v) is 9.01. The number of hydrogen-bond donors (Lipinski definition) is 0. The highest BCUT2D eigenvalue weighted by Crippen LogP contribution is 2.37. The highest BCUT2D eigenvalue weighted by Gasteiger charge is 2.36. The van der Waals surface area contributed by atoms with E-state index in [9.17, 15) is 4.79 Å². The Kier molecular flexibility index (Phi) is 4.27. The number of piperidine rings is 1. The largest absolute Gasteiger partial charge is 0.338 e. The molecule has 0 atom stereocenters. The Balaban J connectivity index is 1.71. The Morgan fingerprint density at radius 3 is 2.57 bits per heavy atom. The first-order valence-electron chi connectivity index (χ1n) is 8.19. The normalized spacial score (nSPS) is 17.5. The number of carbonyl (C=O) groups is 1. The van der Waals surface area contributed by atoms with Gasteiger partial charge < -0.3 is 4.90 Å². The molecule has 23 heavy (non-hydrogen) atoms. The lowest BCUT2D eigenvalue weighted by Gasteiger charge is -2.38. The number of thiazole rings is 1. The summed E-state index contributed by atoms with van der Waals surface area (Å²) in [6, 6.07) is 0. The fraction of sp³-hybridized carbons (Fsp3) is 0.588. The quantitative estimate of drug-likeness (QED) is 0.867. The van der Waals surface area contributed by atoms with Gasteiger partial charge in [0.1, 0.15) is 0 Å². The molecule has 0 unspecified atom stereocenters. The molecule has 3 rings (SSSR count). The van der Waals surface area contributed by atoms with Gasteiger partial charge in [0.2, 0.25) is 0 Å². The van der Waals surface area contributed by atoms with E-state index >= 15 is 0 Å². The van der Waals surface area contributed by atoms with Crippen LogP contribution in [-0.4, -0.2) is 38.7 Å². The van der Waals surface area contributed by atoms with Crippen molar-refractivity contribution in [2.75, 3.05) is 13.1 Å². The second-order valence-electron chi connectivity index (χ2n) is 6.61. The third-order valence-corrected chi connectivity index (χ3v) is 6.01. The van der Waals surface area contributed by atoms with Crippen LogP contribution in [0.3, 0.4) is 0 Å². The number of likely N-dealkylation sites (tertiary alicyclic amines) is 1. The van der Waals surface area contributed by atoms with Crippen molar-refractivity contribution >= 4 is 17.2 Å². The molecule has 3 heterocycles. The molecular weight excluding hydrogens is 308 g/mol. The molecule has 0 saturated carbocycles. The van der Waals surface area contributed by atoms with Crippen LogP contribution in [0, 0.1) is 13.8 Å². The lowest BCUT2D eigenvalue weighted by Crippen LogP contribution is -2.44. The van der Waals surface area contributed by atoms with E-state index in [1.165, 1.54) is 9.88 Å². The average molecular weight is 332 g/mol. The number of carbonyl (C=O) groups excluding carboxylic acids is 1. The molecular formula is C17H24N4OS. The Bertz CT molecular complexity index is 710. The first kappa shape index (κ1) is 16.2. The predicted molar refractivity (Wildman–Crippen MR) is 92.0 cm³/mol. The van der Waals surface area contributed by atoms with Crippen LogP contribution in [0.25, 0.3) is 0 Å². The summed E-state index contributed by atoms with van der Waals surface area (Å²) in [6.45, 7) is 10.7. The number of rotatable bonds is 3. The van der Waals surface area contributed by atoms with Crippen LogP contribution in [0.15, 0.2) is 12.4 Å². The summed E-state index contributed by atoms with van der Waals surface area (Å²) in [7, 11) is 0.